The molecule has 0 saturated heterocycles. The van der Waals surface area contributed by atoms with Crippen molar-refractivity contribution in [2.45, 2.75) is 6.54 Å². The summed E-state index contributed by atoms with van der Waals surface area (Å²) in [6.07, 6.45) is 3.86. The second-order valence-electron chi connectivity index (χ2n) is 5.34. The second kappa shape index (κ2) is 7.88. The lowest BCUT2D eigenvalue weighted by atomic mass is 10.2. The smallest absolute Gasteiger partial charge is 0.232 e. The number of aromatic nitrogens is 3. The van der Waals surface area contributed by atoms with Crippen LogP contribution in [0.5, 0.6) is 5.88 Å². The van der Waals surface area contributed by atoms with Crippen molar-refractivity contribution in [3.63, 3.8) is 0 Å². The second-order valence-corrected chi connectivity index (χ2v) is 5.34. The molecule has 0 spiro atoms. The Labute approximate surface area is 153 Å². The molecule has 0 aliphatic carbocycles. The van der Waals surface area contributed by atoms with Crippen LogP contribution in [0, 0.1) is 22.6 Å². The van der Waals surface area contributed by atoms with Gasteiger partial charge in [-0.05, 0) is 12.1 Å². The molecule has 0 fully saturated rings. The minimum absolute atomic E-state index is 0.0832. The molecule has 9 heteroatoms. The first-order chi connectivity index (χ1) is 13.1. The summed E-state index contributed by atoms with van der Waals surface area (Å²) in [6, 6.07) is 9.61. The van der Waals surface area contributed by atoms with Gasteiger partial charge in [0.05, 0.1) is 11.9 Å². The first-order valence-corrected chi connectivity index (χ1v) is 7.73. The van der Waals surface area contributed by atoms with Crippen LogP contribution in [0.4, 0.5) is 4.39 Å². The number of hydrogen-bond donors (Lipinski definition) is 3. The van der Waals surface area contributed by atoms with Gasteiger partial charge in [0, 0.05) is 18.2 Å². The molecule has 0 amide bonds. The van der Waals surface area contributed by atoms with Crippen LogP contribution >= 0.6 is 0 Å². The fraction of sp³-hybridized carbons (Fsp3) is 0.0556. The van der Waals surface area contributed by atoms with Gasteiger partial charge in [-0.25, -0.2) is 9.37 Å². The summed E-state index contributed by atoms with van der Waals surface area (Å²) in [5, 5.41) is 33.4. The van der Waals surface area contributed by atoms with E-state index in [9.17, 15) is 9.50 Å². The Balaban J connectivity index is 1.87. The molecular formula is C18H13FN6O2. The van der Waals surface area contributed by atoms with Gasteiger partial charge in [-0.1, -0.05) is 23.4 Å². The van der Waals surface area contributed by atoms with Crippen LogP contribution in [0.2, 0.25) is 0 Å². The molecule has 8 nitrogen and oxygen atoms in total. The Morgan fingerprint density at radius 3 is 2.85 bits per heavy atom. The van der Waals surface area contributed by atoms with Gasteiger partial charge in [-0.3, -0.25) is 5.41 Å². The number of aromatic hydroxyl groups is 1. The third-order valence-corrected chi connectivity index (χ3v) is 3.56. The van der Waals surface area contributed by atoms with Crippen molar-refractivity contribution in [3.05, 3.63) is 77.3 Å². The minimum Gasteiger partial charge on any atom is -0.492 e. The molecule has 0 radical (unpaired) electrons. The van der Waals surface area contributed by atoms with Gasteiger partial charge < -0.3 is 14.9 Å². The SMILES string of the molecule is N#Cc1cnc(C(=N)/C=C(\NCc2ccccc2F)c2ccon2)nc1O. The van der Waals surface area contributed by atoms with E-state index in [2.05, 4.69) is 20.4 Å². The molecular weight excluding hydrogens is 351 g/mol. The molecule has 0 atom stereocenters. The number of allylic oxidation sites excluding steroid dienone is 1. The predicted molar refractivity (Wildman–Crippen MR) is 93.0 cm³/mol. The van der Waals surface area contributed by atoms with E-state index in [1.165, 1.54) is 18.4 Å². The van der Waals surface area contributed by atoms with E-state index in [0.29, 0.717) is 17.0 Å². The minimum atomic E-state index is -0.511. The molecule has 0 saturated carbocycles. The fourth-order valence-corrected chi connectivity index (χ4v) is 2.19. The maximum absolute atomic E-state index is 13.8. The maximum Gasteiger partial charge on any atom is 0.232 e. The molecule has 1 aromatic carbocycles. The Morgan fingerprint density at radius 2 is 2.19 bits per heavy atom. The van der Waals surface area contributed by atoms with Crippen LogP contribution in [0.25, 0.3) is 5.70 Å². The van der Waals surface area contributed by atoms with Crippen molar-refractivity contribution in [1.82, 2.24) is 20.4 Å². The average Bonchev–Trinajstić information content (AvgIpc) is 3.20. The average molecular weight is 364 g/mol. The van der Waals surface area contributed by atoms with Gasteiger partial charge in [0.15, 0.2) is 5.82 Å². The highest BCUT2D eigenvalue weighted by Gasteiger charge is 2.12. The molecule has 27 heavy (non-hydrogen) atoms. The van der Waals surface area contributed by atoms with Crippen LogP contribution in [-0.4, -0.2) is 25.9 Å². The summed E-state index contributed by atoms with van der Waals surface area (Å²) in [7, 11) is 0. The molecule has 0 aliphatic heterocycles. The largest absolute Gasteiger partial charge is 0.492 e. The van der Waals surface area contributed by atoms with E-state index >= 15 is 0 Å². The number of nitrogens with zero attached hydrogens (tertiary/aromatic N) is 4. The molecule has 3 aromatic rings. The summed E-state index contributed by atoms with van der Waals surface area (Å²) in [6.45, 7) is 0.151. The Kier molecular flexibility index (Phi) is 5.18. The Hall–Kier alpha value is -4.06. The van der Waals surface area contributed by atoms with Gasteiger partial charge in [0.1, 0.15) is 35.1 Å². The summed E-state index contributed by atoms with van der Waals surface area (Å²) in [4.78, 5) is 7.61. The first-order valence-electron chi connectivity index (χ1n) is 7.73. The number of nitriles is 1. The van der Waals surface area contributed by atoms with Crippen molar-refractivity contribution < 1.29 is 14.0 Å². The van der Waals surface area contributed by atoms with Crippen molar-refractivity contribution in [1.29, 1.82) is 10.7 Å². The molecule has 0 aliphatic rings. The molecule has 3 rings (SSSR count). The molecule has 134 valence electrons. The van der Waals surface area contributed by atoms with E-state index in [1.54, 1.807) is 30.3 Å². The Bertz CT molecular complexity index is 1040. The normalized spacial score (nSPS) is 11.0. The van der Waals surface area contributed by atoms with E-state index < -0.39 is 5.88 Å². The zero-order valence-electron chi connectivity index (χ0n) is 13.8. The van der Waals surface area contributed by atoms with Gasteiger partial charge in [0.25, 0.3) is 0 Å². The fourth-order valence-electron chi connectivity index (χ4n) is 2.19. The summed E-state index contributed by atoms with van der Waals surface area (Å²) in [5.74, 6) is -0.955. The standard InChI is InChI=1S/C18H13FN6O2/c19-13-4-2-1-3-11(13)9-22-16(15-5-6-27-25-15)7-14(21)17-23-10-12(8-20)18(26)24-17/h1-7,10,21-22H,9H2,(H,23,24,26)/b16-7-,21-14?. The van der Waals surface area contributed by atoms with Crippen molar-refractivity contribution in [3.8, 4) is 11.9 Å². The van der Waals surface area contributed by atoms with E-state index in [1.807, 2.05) is 0 Å². The predicted octanol–water partition coefficient (Wildman–Crippen LogP) is 2.38. The van der Waals surface area contributed by atoms with Crippen LogP contribution < -0.4 is 5.32 Å². The van der Waals surface area contributed by atoms with Crippen molar-refractivity contribution in [2.24, 2.45) is 0 Å². The highest BCUT2D eigenvalue weighted by atomic mass is 19.1. The first kappa shape index (κ1) is 17.8. The lowest BCUT2D eigenvalue weighted by Gasteiger charge is -2.10. The van der Waals surface area contributed by atoms with E-state index in [0.717, 1.165) is 6.20 Å². The zero-order valence-corrected chi connectivity index (χ0v) is 13.8. The number of hydrogen-bond acceptors (Lipinski definition) is 8. The summed E-state index contributed by atoms with van der Waals surface area (Å²) < 4.78 is 18.6. The van der Waals surface area contributed by atoms with Gasteiger partial charge in [-0.2, -0.15) is 10.2 Å². The number of rotatable bonds is 6. The molecule has 2 heterocycles. The topological polar surface area (TPSA) is 132 Å². The highest BCUT2D eigenvalue weighted by molar-refractivity contribution is 6.07. The lowest BCUT2D eigenvalue weighted by Crippen LogP contribution is -2.15. The third-order valence-electron chi connectivity index (χ3n) is 3.56. The van der Waals surface area contributed by atoms with E-state index in [-0.39, 0.29) is 29.5 Å². The zero-order chi connectivity index (χ0) is 19.2. The van der Waals surface area contributed by atoms with Gasteiger partial charge >= 0.3 is 0 Å². The monoisotopic (exact) mass is 364 g/mol. The Morgan fingerprint density at radius 1 is 1.37 bits per heavy atom. The molecule has 0 unspecified atom stereocenters. The maximum atomic E-state index is 13.8. The van der Waals surface area contributed by atoms with Crippen LogP contribution in [0.15, 0.2) is 53.4 Å². The third kappa shape index (κ3) is 4.13. The quantitative estimate of drug-likeness (QED) is 0.572. The van der Waals surface area contributed by atoms with Crippen molar-refractivity contribution in [2.75, 3.05) is 0 Å². The summed E-state index contributed by atoms with van der Waals surface area (Å²) >= 11 is 0. The molecule has 2 aromatic heterocycles. The lowest BCUT2D eigenvalue weighted by molar-refractivity contribution is 0.417. The molecule has 3 N–H and O–H groups in total. The van der Waals surface area contributed by atoms with E-state index in [4.69, 9.17) is 15.2 Å². The highest BCUT2D eigenvalue weighted by Crippen LogP contribution is 2.15. The van der Waals surface area contributed by atoms with Crippen molar-refractivity contribution >= 4 is 11.4 Å². The van der Waals surface area contributed by atoms with Crippen LogP contribution in [-0.2, 0) is 6.54 Å². The van der Waals surface area contributed by atoms with Gasteiger partial charge in [-0.15, -0.1) is 0 Å². The van der Waals surface area contributed by atoms with Gasteiger partial charge in [0.2, 0.25) is 5.88 Å². The number of benzene rings is 1. The summed E-state index contributed by atoms with van der Waals surface area (Å²) in [5.41, 5.74) is 0.975. The van der Waals surface area contributed by atoms with Crippen LogP contribution in [0.3, 0.4) is 0 Å². The molecule has 0 bridgehead atoms. The van der Waals surface area contributed by atoms with Crippen LogP contribution in [0.1, 0.15) is 22.6 Å². The number of nitrogens with one attached hydrogen (secondary N) is 2. The number of halogens is 1.